The summed E-state index contributed by atoms with van der Waals surface area (Å²) in [7, 11) is 1.60. The molecule has 1 aliphatic rings. The van der Waals surface area contributed by atoms with Gasteiger partial charge in [0.25, 0.3) is 0 Å². The fourth-order valence-corrected chi connectivity index (χ4v) is 2.25. The van der Waals surface area contributed by atoms with Crippen molar-refractivity contribution in [3.05, 3.63) is 41.1 Å². The molecule has 3 N–H and O–H groups in total. The summed E-state index contributed by atoms with van der Waals surface area (Å²) in [4.78, 5) is 11.7. The van der Waals surface area contributed by atoms with Crippen LogP contribution in [0.5, 0.6) is 5.75 Å². The molecule has 102 valence electrons. The van der Waals surface area contributed by atoms with Crippen LogP contribution in [-0.4, -0.2) is 24.9 Å². The molecule has 5 heteroatoms. The van der Waals surface area contributed by atoms with Crippen molar-refractivity contribution in [1.29, 1.82) is 0 Å². The van der Waals surface area contributed by atoms with Gasteiger partial charge in [-0.25, -0.2) is 4.79 Å². The predicted octanol–water partition coefficient (Wildman–Crippen LogP) is 1.71. The summed E-state index contributed by atoms with van der Waals surface area (Å²) in [5.74, 6) is 0.723. The molecule has 1 aromatic rings. The summed E-state index contributed by atoms with van der Waals surface area (Å²) < 4.78 is 5.19. The lowest BCUT2D eigenvalue weighted by molar-refractivity contribution is 0.234. The second-order valence-electron chi connectivity index (χ2n) is 4.32. The van der Waals surface area contributed by atoms with E-state index in [-0.39, 0.29) is 18.7 Å². The summed E-state index contributed by atoms with van der Waals surface area (Å²) in [5.41, 5.74) is 2.46. The Morgan fingerprint density at radius 3 is 2.84 bits per heavy atom. The zero-order valence-corrected chi connectivity index (χ0v) is 11.1. The van der Waals surface area contributed by atoms with Gasteiger partial charge in [-0.15, -0.1) is 0 Å². The summed E-state index contributed by atoms with van der Waals surface area (Å²) in [6.45, 7) is 1.84. The van der Waals surface area contributed by atoms with Crippen LogP contribution in [0.3, 0.4) is 0 Å². The SMILES string of the molecule is CCC1=C(CO)C(c2cccc(OC)c2)NC(=O)N1. The number of aliphatic hydroxyl groups excluding tert-OH is 1. The van der Waals surface area contributed by atoms with Crippen LogP contribution < -0.4 is 15.4 Å². The van der Waals surface area contributed by atoms with Gasteiger partial charge >= 0.3 is 6.03 Å². The molecule has 1 aromatic carbocycles. The van der Waals surface area contributed by atoms with E-state index in [2.05, 4.69) is 10.6 Å². The first-order valence-electron chi connectivity index (χ1n) is 6.23. The first-order chi connectivity index (χ1) is 9.19. The van der Waals surface area contributed by atoms with E-state index in [1.807, 2.05) is 31.2 Å². The molecule has 2 amide bonds. The molecule has 0 spiro atoms. The zero-order chi connectivity index (χ0) is 13.8. The molecule has 1 unspecified atom stereocenters. The maximum atomic E-state index is 11.7. The topological polar surface area (TPSA) is 70.6 Å². The number of rotatable bonds is 4. The van der Waals surface area contributed by atoms with E-state index < -0.39 is 0 Å². The molecular weight excluding hydrogens is 244 g/mol. The zero-order valence-electron chi connectivity index (χ0n) is 11.1. The van der Waals surface area contributed by atoms with Crippen LogP contribution in [0.1, 0.15) is 24.9 Å². The van der Waals surface area contributed by atoms with Gasteiger partial charge in [-0.2, -0.15) is 0 Å². The highest BCUT2D eigenvalue weighted by Crippen LogP contribution is 2.29. The summed E-state index contributed by atoms with van der Waals surface area (Å²) in [6, 6.07) is 6.91. The normalized spacial score (nSPS) is 18.9. The second-order valence-corrected chi connectivity index (χ2v) is 4.32. The number of benzene rings is 1. The van der Waals surface area contributed by atoms with E-state index in [0.29, 0.717) is 6.42 Å². The minimum atomic E-state index is -0.316. The number of urea groups is 1. The molecule has 5 nitrogen and oxygen atoms in total. The largest absolute Gasteiger partial charge is 0.497 e. The van der Waals surface area contributed by atoms with E-state index in [1.54, 1.807) is 7.11 Å². The number of ether oxygens (including phenoxy) is 1. The van der Waals surface area contributed by atoms with Gasteiger partial charge in [0.2, 0.25) is 0 Å². The number of amides is 2. The summed E-state index contributed by atoms with van der Waals surface area (Å²) in [5, 5.41) is 15.1. The Bertz CT molecular complexity index is 511. The Morgan fingerprint density at radius 1 is 1.42 bits per heavy atom. The second kappa shape index (κ2) is 5.75. The number of hydrogen-bond donors (Lipinski definition) is 3. The van der Waals surface area contributed by atoms with Gasteiger partial charge in [0, 0.05) is 11.3 Å². The van der Waals surface area contributed by atoms with Crippen molar-refractivity contribution in [2.75, 3.05) is 13.7 Å². The molecule has 0 fully saturated rings. The molecule has 1 atom stereocenters. The third-order valence-electron chi connectivity index (χ3n) is 3.23. The van der Waals surface area contributed by atoms with Crippen molar-refractivity contribution in [1.82, 2.24) is 10.6 Å². The first-order valence-corrected chi connectivity index (χ1v) is 6.23. The highest BCUT2D eigenvalue weighted by molar-refractivity contribution is 5.79. The number of nitrogens with one attached hydrogen (secondary N) is 2. The summed E-state index contributed by atoms with van der Waals surface area (Å²) >= 11 is 0. The molecule has 19 heavy (non-hydrogen) atoms. The lowest BCUT2D eigenvalue weighted by Gasteiger charge is -2.29. The number of carbonyl (C=O) groups excluding carboxylic acids is 1. The quantitative estimate of drug-likeness (QED) is 0.773. The van der Waals surface area contributed by atoms with E-state index in [0.717, 1.165) is 22.6 Å². The minimum absolute atomic E-state index is 0.0989. The molecular formula is C14H18N2O3. The van der Waals surface area contributed by atoms with Crippen LogP contribution >= 0.6 is 0 Å². The van der Waals surface area contributed by atoms with Crippen LogP contribution in [0.25, 0.3) is 0 Å². The monoisotopic (exact) mass is 262 g/mol. The lowest BCUT2D eigenvalue weighted by atomic mass is 9.95. The number of allylic oxidation sites excluding steroid dienone is 1. The average Bonchev–Trinajstić information content (AvgIpc) is 2.46. The number of aliphatic hydroxyl groups is 1. The number of carbonyl (C=O) groups is 1. The minimum Gasteiger partial charge on any atom is -0.497 e. The molecule has 0 aliphatic carbocycles. The van der Waals surface area contributed by atoms with Crippen molar-refractivity contribution in [3.63, 3.8) is 0 Å². The Kier molecular flexibility index (Phi) is 4.06. The standard InChI is InChI=1S/C14H18N2O3/c1-3-12-11(8-17)13(16-14(18)15-12)9-5-4-6-10(7-9)19-2/h4-7,13,17H,3,8H2,1-2H3,(H2,15,16,18). The fraction of sp³-hybridized carbons (Fsp3) is 0.357. The van der Waals surface area contributed by atoms with Gasteiger partial charge < -0.3 is 20.5 Å². The van der Waals surface area contributed by atoms with E-state index in [1.165, 1.54) is 0 Å². The molecule has 1 heterocycles. The van der Waals surface area contributed by atoms with Crippen LogP contribution in [0.2, 0.25) is 0 Å². The van der Waals surface area contributed by atoms with Crippen molar-refractivity contribution < 1.29 is 14.6 Å². The van der Waals surface area contributed by atoms with Crippen molar-refractivity contribution in [3.8, 4) is 5.75 Å². The molecule has 1 aliphatic heterocycles. The van der Waals surface area contributed by atoms with Crippen molar-refractivity contribution in [2.24, 2.45) is 0 Å². The molecule has 0 radical (unpaired) electrons. The fourth-order valence-electron chi connectivity index (χ4n) is 2.25. The number of methoxy groups -OCH3 is 1. The highest BCUT2D eigenvalue weighted by Gasteiger charge is 2.26. The van der Waals surface area contributed by atoms with Crippen molar-refractivity contribution >= 4 is 6.03 Å². The Balaban J connectivity index is 2.43. The average molecular weight is 262 g/mol. The molecule has 0 saturated carbocycles. The summed E-state index contributed by atoms with van der Waals surface area (Å²) in [6.07, 6.45) is 0.670. The highest BCUT2D eigenvalue weighted by atomic mass is 16.5. The van der Waals surface area contributed by atoms with E-state index in [9.17, 15) is 9.90 Å². The van der Waals surface area contributed by atoms with Crippen LogP contribution in [0.4, 0.5) is 4.79 Å². The predicted molar refractivity (Wildman–Crippen MR) is 71.8 cm³/mol. The van der Waals surface area contributed by atoms with Crippen LogP contribution in [-0.2, 0) is 0 Å². The maximum Gasteiger partial charge on any atom is 0.319 e. The molecule has 0 aromatic heterocycles. The van der Waals surface area contributed by atoms with Gasteiger partial charge in [0.05, 0.1) is 19.8 Å². The Labute approximate surface area is 112 Å². The maximum absolute atomic E-state index is 11.7. The molecule has 0 bridgehead atoms. The third kappa shape index (κ3) is 2.71. The lowest BCUT2D eigenvalue weighted by Crippen LogP contribution is -2.44. The van der Waals surface area contributed by atoms with Gasteiger partial charge in [0.15, 0.2) is 0 Å². The van der Waals surface area contributed by atoms with Crippen molar-refractivity contribution in [2.45, 2.75) is 19.4 Å². The third-order valence-corrected chi connectivity index (χ3v) is 3.23. The first kappa shape index (κ1) is 13.4. The Morgan fingerprint density at radius 2 is 2.21 bits per heavy atom. The van der Waals surface area contributed by atoms with Gasteiger partial charge in [0.1, 0.15) is 5.75 Å². The van der Waals surface area contributed by atoms with Crippen LogP contribution in [0.15, 0.2) is 35.5 Å². The Hall–Kier alpha value is -2.01. The smallest absolute Gasteiger partial charge is 0.319 e. The van der Waals surface area contributed by atoms with E-state index in [4.69, 9.17) is 4.74 Å². The van der Waals surface area contributed by atoms with Crippen LogP contribution in [0, 0.1) is 0 Å². The number of hydrogen-bond acceptors (Lipinski definition) is 3. The van der Waals surface area contributed by atoms with Gasteiger partial charge in [-0.1, -0.05) is 19.1 Å². The molecule has 0 saturated heterocycles. The van der Waals surface area contributed by atoms with E-state index >= 15 is 0 Å². The van der Waals surface area contributed by atoms with Gasteiger partial charge in [-0.05, 0) is 24.1 Å². The molecule has 2 rings (SSSR count). The van der Waals surface area contributed by atoms with Gasteiger partial charge in [-0.3, -0.25) is 0 Å².